The molecule has 0 atom stereocenters. The molecule has 0 saturated heterocycles. The van der Waals surface area contributed by atoms with Crippen molar-refractivity contribution in [3.8, 4) is 0 Å². The van der Waals surface area contributed by atoms with Gasteiger partial charge in [-0.1, -0.05) is 0 Å². The van der Waals surface area contributed by atoms with E-state index in [1.807, 2.05) is 0 Å². The van der Waals surface area contributed by atoms with Crippen molar-refractivity contribution < 1.29 is 0 Å². The maximum atomic E-state index is 2.21. The van der Waals surface area contributed by atoms with Gasteiger partial charge < -0.3 is 0 Å². The van der Waals surface area contributed by atoms with Gasteiger partial charge in [-0.3, -0.25) is 0 Å². The van der Waals surface area contributed by atoms with Crippen molar-refractivity contribution in [1.82, 2.24) is 0 Å². The Hall–Kier alpha value is -0.183. The fraction of sp³-hybridized carbons (Fsp3) is 0.333. The van der Waals surface area contributed by atoms with Crippen molar-refractivity contribution in [2.24, 2.45) is 0 Å². The van der Waals surface area contributed by atoms with E-state index in [9.17, 15) is 0 Å². The zero-order chi connectivity index (χ0) is 7.40. The topological polar surface area (TPSA) is 0 Å². The first-order chi connectivity index (χ1) is 4.86. The van der Waals surface area contributed by atoms with Crippen LogP contribution in [-0.2, 0) is 11.5 Å². The van der Waals surface area contributed by atoms with Gasteiger partial charge in [-0.15, -0.1) is 0 Å². The zero-order valence-corrected chi connectivity index (χ0v) is 6.72. The van der Waals surface area contributed by atoms with E-state index < -0.39 is 0 Å². The van der Waals surface area contributed by atoms with Crippen molar-refractivity contribution in [2.75, 3.05) is 0 Å². The molecule has 1 aromatic rings. The second kappa shape index (κ2) is 3.86. The summed E-state index contributed by atoms with van der Waals surface area (Å²) in [5, 5.41) is 1.14. The second-order valence-electron chi connectivity index (χ2n) is 2.52. The molecule has 48 valence electrons. The Bertz CT molecular complexity index is 165. The molecule has 0 nitrogen and oxygen atoms in total. The average molecular weight is 126 g/mol. The van der Waals surface area contributed by atoms with Gasteiger partial charge >= 0.3 is 71.5 Å². The standard InChI is InChI=1S/C9H11.Li/c1-3-9-6-4-8(2)5-7-9;/h4-7H,2-3H2,1H3;. The molecule has 1 aromatic carbocycles. The molecule has 0 amide bonds. The van der Waals surface area contributed by atoms with E-state index in [0.717, 1.165) is 11.5 Å². The van der Waals surface area contributed by atoms with E-state index in [2.05, 4.69) is 48.9 Å². The number of hydrogen-bond acceptors (Lipinski definition) is 0. The van der Waals surface area contributed by atoms with Gasteiger partial charge in [-0.05, 0) is 0 Å². The monoisotopic (exact) mass is 126 g/mol. The van der Waals surface area contributed by atoms with Gasteiger partial charge in [-0.25, -0.2) is 0 Å². The molecule has 0 saturated carbocycles. The van der Waals surface area contributed by atoms with Crippen LogP contribution in [0.2, 0.25) is 0 Å². The Morgan fingerprint density at radius 2 is 1.60 bits per heavy atom. The first kappa shape index (κ1) is 7.92. The van der Waals surface area contributed by atoms with Crippen LogP contribution in [0, 0.1) is 0 Å². The summed E-state index contributed by atoms with van der Waals surface area (Å²) in [6, 6.07) is 8.83. The van der Waals surface area contributed by atoms with Crippen LogP contribution in [0.15, 0.2) is 24.3 Å². The Morgan fingerprint density at radius 3 is 2.00 bits per heavy atom. The molecule has 1 rings (SSSR count). The van der Waals surface area contributed by atoms with Crippen molar-refractivity contribution in [1.29, 1.82) is 0 Å². The molecule has 0 aromatic heterocycles. The van der Waals surface area contributed by atoms with Gasteiger partial charge in [0.1, 0.15) is 0 Å². The molecule has 0 radical (unpaired) electrons. The summed E-state index contributed by atoms with van der Waals surface area (Å²) in [6.07, 6.45) is 1.14. The molecule has 0 aliphatic heterocycles. The van der Waals surface area contributed by atoms with E-state index in [-0.39, 0.29) is 0 Å². The van der Waals surface area contributed by atoms with Crippen LogP contribution < -0.4 is 0 Å². The summed E-state index contributed by atoms with van der Waals surface area (Å²) in [5.74, 6) is 0. The summed E-state index contributed by atoms with van der Waals surface area (Å²) < 4.78 is 0. The van der Waals surface area contributed by atoms with Gasteiger partial charge in [0.2, 0.25) is 0 Å². The van der Waals surface area contributed by atoms with Crippen LogP contribution in [0.4, 0.5) is 0 Å². The van der Waals surface area contributed by atoms with Gasteiger partial charge in [0.25, 0.3) is 0 Å². The van der Waals surface area contributed by atoms with Crippen LogP contribution in [0.25, 0.3) is 0 Å². The van der Waals surface area contributed by atoms with Crippen LogP contribution in [0.1, 0.15) is 18.1 Å². The fourth-order valence-corrected chi connectivity index (χ4v) is 1.01. The van der Waals surface area contributed by atoms with Crippen molar-refractivity contribution in [3.05, 3.63) is 35.4 Å². The van der Waals surface area contributed by atoms with Gasteiger partial charge in [0.15, 0.2) is 0 Å². The second-order valence-corrected chi connectivity index (χ2v) is 2.52. The minimum absolute atomic E-state index is 1.14. The molecule has 0 heterocycles. The molecule has 10 heavy (non-hydrogen) atoms. The predicted molar refractivity (Wildman–Crippen MR) is 45.3 cm³/mol. The Labute approximate surface area is 71.8 Å². The third-order valence-corrected chi connectivity index (χ3v) is 1.84. The quantitative estimate of drug-likeness (QED) is 0.531. The fourth-order valence-electron chi connectivity index (χ4n) is 1.01. The molecule has 0 unspecified atom stereocenters. The molecule has 0 bridgehead atoms. The predicted octanol–water partition coefficient (Wildman–Crippen LogP) is 1.92. The molecular weight excluding hydrogens is 115 g/mol. The minimum atomic E-state index is 1.14. The number of hydrogen-bond donors (Lipinski definition) is 0. The third kappa shape index (κ3) is 1.90. The molecule has 1 heteroatoms. The molecule has 0 fully saturated rings. The van der Waals surface area contributed by atoms with Crippen LogP contribution in [0.3, 0.4) is 0 Å². The van der Waals surface area contributed by atoms with Crippen molar-refractivity contribution >= 4 is 17.7 Å². The molecule has 0 N–H and O–H groups in total. The Kier molecular flexibility index (Phi) is 3.06. The van der Waals surface area contributed by atoms with E-state index >= 15 is 0 Å². The van der Waals surface area contributed by atoms with E-state index in [4.69, 9.17) is 0 Å². The summed E-state index contributed by atoms with van der Waals surface area (Å²) in [6.45, 7) is 2.18. The van der Waals surface area contributed by atoms with Gasteiger partial charge in [0.05, 0.1) is 0 Å². The summed E-state index contributed by atoms with van der Waals surface area (Å²) in [5.41, 5.74) is 2.86. The summed E-state index contributed by atoms with van der Waals surface area (Å²) in [4.78, 5) is 0. The van der Waals surface area contributed by atoms with Crippen molar-refractivity contribution in [3.63, 3.8) is 0 Å². The maximum absolute atomic E-state index is 2.21. The van der Waals surface area contributed by atoms with Crippen LogP contribution in [-0.4, -0.2) is 17.7 Å². The Balaban J connectivity index is 2.80. The zero-order valence-electron chi connectivity index (χ0n) is 6.72. The number of benzene rings is 1. The Morgan fingerprint density at radius 1 is 1.10 bits per heavy atom. The molecule has 0 aliphatic rings. The van der Waals surface area contributed by atoms with E-state index in [0.29, 0.717) is 0 Å². The first-order valence-electron chi connectivity index (χ1n) is 3.94. The number of aryl methyl sites for hydroxylation is 1. The van der Waals surface area contributed by atoms with Gasteiger partial charge in [0, 0.05) is 0 Å². The average Bonchev–Trinajstić information content (AvgIpc) is 2.05. The number of rotatable bonds is 2. The van der Waals surface area contributed by atoms with Crippen molar-refractivity contribution in [2.45, 2.75) is 18.4 Å². The van der Waals surface area contributed by atoms with E-state index in [1.54, 1.807) is 0 Å². The molecule has 0 aliphatic carbocycles. The summed E-state index contributed by atoms with van der Waals surface area (Å²) in [7, 11) is 0. The normalized spacial score (nSPS) is 9.90. The summed E-state index contributed by atoms with van der Waals surface area (Å²) >= 11 is 2.18. The van der Waals surface area contributed by atoms with Gasteiger partial charge in [-0.2, -0.15) is 0 Å². The van der Waals surface area contributed by atoms with E-state index in [1.165, 1.54) is 11.1 Å². The third-order valence-electron chi connectivity index (χ3n) is 1.84. The first-order valence-corrected chi connectivity index (χ1v) is 3.94. The molecular formula is C9H11Li. The SMILES string of the molecule is [Li][CH2]c1ccc(CC)cc1. The van der Waals surface area contributed by atoms with Crippen LogP contribution >= 0.6 is 0 Å². The van der Waals surface area contributed by atoms with Crippen LogP contribution in [0.5, 0.6) is 0 Å². The molecule has 0 spiro atoms.